The summed E-state index contributed by atoms with van der Waals surface area (Å²) in [4.78, 5) is 0. The van der Waals surface area contributed by atoms with Gasteiger partial charge in [0.1, 0.15) is 5.75 Å². The van der Waals surface area contributed by atoms with Crippen molar-refractivity contribution in [3.63, 3.8) is 0 Å². The molecule has 1 N–H and O–H groups in total. The molecule has 100 valence electrons. The lowest BCUT2D eigenvalue weighted by Gasteiger charge is -2.13. The van der Waals surface area contributed by atoms with Gasteiger partial charge in [0.25, 0.3) is 0 Å². The van der Waals surface area contributed by atoms with Gasteiger partial charge in [-0.05, 0) is 42.4 Å². The maximum absolute atomic E-state index is 12.0. The average molecular weight is 255 g/mol. The van der Waals surface area contributed by atoms with Crippen molar-refractivity contribution in [1.82, 2.24) is 5.32 Å². The summed E-state index contributed by atoms with van der Waals surface area (Å²) in [5.74, 6) is 0.209. The van der Waals surface area contributed by atoms with Crippen molar-refractivity contribution in [1.29, 1.82) is 0 Å². The Bertz CT molecular complexity index is 374. The Morgan fingerprint density at radius 3 is 2.44 bits per heavy atom. The second kappa shape index (κ2) is 5.65. The second-order valence-corrected chi connectivity index (χ2v) is 4.98. The third-order valence-electron chi connectivity index (χ3n) is 3.68. The predicted octanol–water partition coefficient (Wildman–Crippen LogP) is 3.57. The molecule has 18 heavy (non-hydrogen) atoms. The van der Waals surface area contributed by atoms with E-state index >= 15 is 0 Å². The number of ether oxygens (including phenoxy) is 1. The molecule has 0 amide bonds. The summed E-state index contributed by atoms with van der Waals surface area (Å²) < 4.78 is 28.2. The molecular formula is C14H19F2NO. The fourth-order valence-electron chi connectivity index (χ4n) is 2.09. The molecule has 0 spiro atoms. The Hall–Kier alpha value is -1.16. The molecule has 0 bridgehead atoms. The quantitative estimate of drug-likeness (QED) is 0.804. The summed E-state index contributed by atoms with van der Waals surface area (Å²) in [7, 11) is 0. The highest BCUT2D eigenvalue weighted by molar-refractivity contribution is 5.27. The summed E-state index contributed by atoms with van der Waals surface area (Å²) in [5, 5.41) is 3.43. The molecule has 1 saturated carbocycles. The van der Waals surface area contributed by atoms with Gasteiger partial charge in [-0.3, -0.25) is 0 Å². The van der Waals surface area contributed by atoms with Crippen LogP contribution in [0.1, 0.15) is 31.7 Å². The minimum absolute atomic E-state index is 0.209. The number of hydrogen-bond donors (Lipinski definition) is 1. The highest BCUT2D eigenvalue weighted by Crippen LogP contribution is 2.47. The van der Waals surface area contributed by atoms with Gasteiger partial charge >= 0.3 is 6.61 Å². The van der Waals surface area contributed by atoms with Gasteiger partial charge in [-0.2, -0.15) is 8.78 Å². The van der Waals surface area contributed by atoms with Gasteiger partial charge in [0.05, 0.1) is 0 Å². The number of rotatable bonds is 7. The molecular weight excluding hydrogens is 236 g/mol. The van der Waals surface area contributed by atoms with E-state index < -0.39 is 6.61 Å². The molecule has 0 radical (unpaired) electrons. The van der Waals surface area contributed by atoms with Crippen molar-refractivity contribution in [2.45, 2.75) is 39.3 Å². The van der Waals surface area contributed by atoms with Gasteiger partial charge in [0.15, 0.2) is 0 Å². The largest absolute Gasteiger partial charge is 0.435 e. The van der Waals surface area contributed by atoms with Gasteiger partial charge in [-0.15, -0.1) is 0 Å². The lowest BCUT2D eigenvalue weighted by Crippen LogP contribution is -2.23. The zero-order valence-corrected chi connectivity index (χ0v) is 10.6. The highest BCUT2D eigenvalue weighted by Gasteiger charge is 2.39. The maximum atomic E-state index is 12.0. The minimum atomic E-state index is -2.76. The van der Waals surface area contributed by atoms with Crippen LogP contribution in [0.15, 0.2) is 24.3 Å². The van der Waals surface area contributed by atoms with Crippen LogP contribution in [0, 0.1) is 5.41 Å². The molecule has 2 nitrogen and oxygen atoms in total. The van der Waals surface area contributed by atoms with E-state index in [4.69, 9.17) is 0 Å². The second-order valence-electron chi connectivity index (χ2n) is 4.98. The summed E-state index contributed by atoms with van der Waals surface area (Å²) in [5.41, 5.74) is 1.61. The monoisotopic (exact) mass is 255 g/mol. The topological polar surface area (TPSA) is 21.3 Å². The van der Waals surface area contributed by atoms with Crippen LogP contribution in [0.5, 0.6) is 5.75 Å². The predicted molar refractivity (Wildman–Crippen MR) is 66.7 cm³/mol. The van der Waals surface area contributed by atoms with Crippen LogP contribution >= 0.6 is 0 Å². The molecule has 1 aliphatic carbocycles. The zero-order valence-electron chi connectivity index (χ0n) is 10.6. The van der Waals surface area contributed by atoms with Crippen LogP contribution in [-0.2, 0) is 6.54 Å². The molecule has 0 saturated heterocycles. The Morgan fingerprint density at radius 1 is 1.28 bits per heavy atom. The minimum Gasteiger partial charge on any atom is -0.435 e. The Kier molecular flexibility index (Phi) is 4.17. The molecule has 1 aromatic rings. The molecule has 1 aromatic carbocycles. The van der Waals surface area contributed by atoms with Crippen molar-refractivity contribution >= 4 is 0 Å². The van der Waals surface area contributed by atoms with Crippen LogP contribution in [0.3, 0.4) is 0 Å². The van der Waals surface area contributed by atoms with Gasteiger partial charge in [0.2, 0.25) is 0 Å². The average Bonchev–Trinajstić information content (AvgIpc) is 3.11. The molecule has 1 fully saturated rings. The fraction of sp³-hybridized carbons (Fsp3) is 0.571. The van der Waals surface area contributed by atoms with Crippen LogP contribution in [0.2, 0.25) is 0 Å². The first-order chi connectivity index (χ1) is 8.63. The van der Waals surface area contributed by atoms with Crippen molar-refractivity contribution in [3.05, 3.63) is 29.8 Å². The van der Waals surface area contributed by atoms with Crippen molar-refractivity contribution < 1.29 is 13.5 Å². The number of nitrogens with one attached hydrogen (secondary N) is 1. The highest BCUT2D eigenvalue weighted by atomic mass is 19.3. The molecule has 2 rings (SSSR count). The lowest BCUT2D eigenvalue weighted by molar-refractivity contribution is -0.0498. The normalized spacial score (nSPS) is 16.9. The van der Waals surface area contributed by atoms with Gasteiger partial charge < -0.3 is 10.1 Å². The number of alkyl halides is 2. The Morgan fingerprint density at radius 2 is 1.94 bits per heavy atom. The maximum Gasteiger partial charge on any atom is 0.387 e. The standard InChI is InChI=1S/C14H19F2NO/c1-2-14(7-8-14)10-17-9-11-3-5-12(6-4-11)18-13(15)16/h3-6,13,17H,2,7-10H2,1H3. The summed E-state index contributed by atoms with van der Waals surface area (Å²) >= 11 is 0. The molecule has 4 heteroatoms. The number of hydrogen-bond acceptors (Lipinski definition) is 2. The van der Waals surface area contributed by atoms with Crippen LogP contribution in [0.25, 0.3) is 0 Å². The first kappa shape index (κ1) is 13.3. The van der Waals surface area contributed by atoms with E-state index in [1.165, 1.54) is 19.3 Å². The van der Waals surface area contributed by atoms with Crippen molar-refractivity contribution in [2.75, 3.05) is 6.54 Å². The summed E-state index contributed by atoms with van der Waals surface area (Å²) in [6.07, 6.45) is 3.86. The fourth-order valence-corrected chi connectivity index (χ4v) is 2.09. The molecule has 0 heterocycles. The van der Waals surface area contributed by atoms with Crippen LogP contribution in [-0.4, -0.2) is 13.2 Å². The molecule has 0 unspecified atom stereocenters. The van der Waals surface area contributed by atoms with E-state index in [0.29, 0.717) is 5.41 Å². The Labute approximate surface area is 106 Å². The third kappa shape index (κ3) is 3.67. The van der Waals surface area contributed by atoms with E-state index in [2.05, 4.69) is 17.0 Å². The molecule has 1 aliphatic rings. The van der Waals surface area contributed by atoms with E-state index in [0.717, 1.165) is 18.7 Å². The molecule has 0 aromatic heterocycles. The van der Waals surface area contributed by atoms with Gasteiger partial charge in [0, 0.05) is 13.1 Å². The first-order valence-corrected chi connectivity index (χ1v) is 6.38. The SMILES string of the molecule is CCC1(CNCc2ccc(OC(F)F)cc2)CC1. The molecule has 0 aliphatic heterocycles. The van der Waals surface area contributed by atoms with Crippen molar-refractivity contribution in [2.24, 2.45) is 5.41 Å². The lowest BCUT2D eigenvalue weighted by atomic mass is 10.0. The van der Waals surface area contributed by atoms with E-state index in [1.807, 2.05) is 12.1 Å². The van der Waals surface area contributed by atoms with E-state index in [1.54, 1.807) is 12.1 Å². The summed E-state index contributed by atoms with van der Waals surface area (Å²) in [6.45, 7) is 1.29. The van der Waals surface area contributed by atoms with E-state index in [9.17, 15) is 8.78 Å². The van der Waals surface area contributed by atoms with Gasteiger partial charge in [-0.1, -0.05) is 19.1 Å². The first-order valence-electron chi connectivity index (χ1n) is 6.38. The number of benzene rings is 1. The number of halogens is 2. The smallest absolute Gasteiger partial charge is 0.387 e. The Balaban J connectivity index is 1.76. The van der Waals surface area contributed by atoms with Gasteiger partial charge in [-0.25, -0.2) is 0 Å². The van der Waals surface area contributed by atoms with Crippen molar-refractivity contribution in [3.8, 4) is 5.75 Å². The van der Waals surface area contributed by atoms with Crippen LogP contribution in [0.4, 0.5) is 8.78 Å². The van der Waals surface area contributed by atoms with E-state index in [-0.39, 0.29) is 5.75 Å². The zero-order chi connectivity index (χ0) is 13.0. The summed E-state index contributed by atoms with van der Waals surface area (Å²) in [6, 6.07) is 6.79. The third-order valence-corrected chi connectivity index (χ3v) is 3.68. The van der Waals surface area contributed by atoms with Crippen LogP contribution < -0.4 is 10.1 Å². The molecule has 0 atom stereocenters.